The number of piperidine rings is 1. The lowest BCUT2D eigenvalue weighted by Crippen LogP contribution is -2.56. The van der Waals surface area contributed by atoms with Crippen molar-refractivity contribution in [1.29, 1.82) is 5.26 Å². The monoisotopic (exact) mass is 652 g/mol. The first-order chi connectivity index (χ1) is 21.6. The van der Waals surface area contributed by atoms with Crippen LogP contribution in [0.5, 0.6) is 0 Å². The van der Waals surface area contributed by atoms with Gasteiger partial charge in [0.25, 0.3) is 5.92 Å². The van der Waals surface area contributed by atoms with Crippen LogP contribution in [0.15, 0.2) is 78.8 Å². The maximum absolute atomic E-state index is 14.6. The van der Waals surface area contributed by atoms with Crippen molar-refractivity contribution in [2.45, 2.75) is 31.4 Å². The summed E-state index contributed by atoms with van der Waals surface area (Å²) in [5, 5.41) is 19.1. The fraction of sp³-hybridized carbons (Fsp3) is 0.250. The molecule has 1 unspecified atom stereocenters. The van der Waals surface area contributed by atoms with Crippen LogP contribution in [0.2, 0.25) is 10.0 Å². The van der Waals surface area contributed by atoms with Crippen molar-refractivity contribution in [3.63, 3.8) is 0 Å². The molecule has 1 fully saturated rings. The number of hydrogen-bond acceptors (Lipinski definition) is 8. The van der Waals surface area contributed by atoms with Gasteiger partial charge in [-0.2, -0.15) is 5.26 Å². The number of nitrogens with zero attached hydrogens (tertiary/aromatic N) is 4. The number of nitriles is 1. The highest BCUT2D eigenvalue weighted by molar-refractivity contribution is 6.36. The molecule has 0 amide bonds. The minimum atomic E-state index is -2.79. The summed E-state index contributed by atoms with van der Waals surface area (Å²) in [6, 6.07) is 18.6. The molecule has 1 aromatic heterocycles. The van der Waals surface area contributed by atoms with E-state index >= 15 is 0 Å². The molecule has 0 spiro atoms. The third-order valence-electron chi connectivity index (χ3n) is 7.90. The molecule has 3 aromatic carbocycles. The van der Waals surface area contributed by atoms with Crippen LogP contribution < -0.4 is 21.6 Å². The number of likely N-dealkylation sites (tertiary alicyclic amines) is 1. The van der Waals surface area contributed by atoms with Crippen LogP contribution in [0, 0.1) is 17.1 Å². The topological polar surface area (TPSA) is 91.3 Å². The van der Waals surface area contributed by atoms with E-state index in [0.29, 0.717) is 51.8 Å². The number of alkyl halides is 2. The fourth-order valence-electron chi connectivity index (χ4n) is 5.71. The molecule has 4 N–H and O–H groups in total. The number of anilines is 3. The Labute approximate surface area is 268 Å². The number of nitrogens with one attached hydrogen (secondary N) is 4. The number of hydrogen-bond donors (Lipinski definition) is 4. The van der Waals surface area contributed by atoms with Crippen molar-refractivity contribution >= 4 is 51.2 Å². The molecule has 0 aliphatic carbocycles. The van der Waals surface area contributed by atoms with Crippen molar-refractivity contribution in [1.82, 2.24) is 25.9 Å². The first-order valence-electron chi connectivity index (χ1n) is 14.3. The lowest BCUT2D eigenvalue weighted by molar-refractivity contribution is -0.0926. The zero-order valence-corrected chi connectivity index (χ0v) is 25.6. The normalized spacial score (nSPS) is 18.6. The summed E-state index contributed by atoms with van der Waals surface area (Å²) in [7, 11) is 0. The molecule has 2 aliphatic heterocycles. The van der Waals surface area contributed by atoms with E-state index in [-0.39, 0.29) is 23.6 Å². The fourth-order valence-corrected chi connectivity index (χ4v) is 6.16. The van der Waals surface area contributed by atoms with E-state index in [9.17, 15) is 18.4 Å². The van der Waals surface area contributed by atoms with Crippen molar-refractivity contribution in [3.05, 3.63) is 106 Å². The third-order valence-corrected chi connectivity index (χ3v) is 8.47. The zero-order chi connectivity index (χ0) is 31.7. The largest absolute Gasteiger partial charge is 0.373 e. The van der Waals surface area contributed by atoms with Gasteiger partial charge in [-0.3, -0.25) is 14.9 Å². The lowest BCUT2D eigenvalue weighted by atomic mass is 10.0. The van der Waals surface area contributed by atoms with Gasteiger partial charge in [-0.1, -0.05) is 60.5 Å². The Morgan fingerprint density at radius 1 is 1.11 bits per heavy atom. The molecule has 0 radical (unpaired) electrons. The Hall–Kier alpha value is -4.21. The van der Waals surface area contributed by atoms with Crippen LogP contribution in [0.4, 0.5) is 30.2 Å². The molecule has 0 saturated carbocycles. The van der Waals surface area contributed by atoms with E-state index in [2.05, 4.69) is 32.6 Å². The minimum absolute atomic E-state index is 0.0673. The molecule has 13 heteroatoms. The zero-order valence-electron chi connectivity index (χ0n) is 24.1. The van der Waals surface area contributed by atoms with Gasteiger partial charge in [-0.25, -0.2) is 13.2 Å². The van der Waals surface area contributed by atoms with Gasteiger partial charge in [-0.05, 0) is 42.4 Å². The number of fused-ring (bicyclic) bond motifs is 1. The maximum atomic E-state index is 14.6. The van der Waals surface area contributed by atoms with E-state index in [0.717, 1.165) is 5.56 Å². The van der Waals surface area contributed by atoms with E-state index in [4.69, 9.17) is 23.2 Å². The van der Waals surface area contributed by atoms with Crippen molar-refractivity contribution in [2.75, 3.05) is 30.3 Å². The first kappa shape index (κ1) is 30.8. The number of rotatable bonds is 8. The summed E-state index contributed by atoms with van der Waals surface area (Å²) in [4.78, 5) is 6.16. The van der Waals surface area contributed by atoms with Gasteiger partial charge in [0.1, 0.15) is 11.9 Å². The second-order valence-electron chi connectivity index (χ2n) is 11.0. The Balaban J connectivity index is 1.36. The standard InChI is InChI=1S/C32H29Cl2F3N8/c1-2-44-16-23(13-32(36,37)18-44)45-17-28(42-43-45)30(19-6-4-3-5-7-19)41-22-10-24-29(40-21-8-9-27(35)25(33)11-21)20(14-38)15-39-31(24)26(34)12-22/h3-12,15,17,23,30,41-43H,2,13,16,18H2,1H3,(H,39,40)/t23?,30-/m0/s1. The van der Waals surface area contributed by atoms with Crippen LogP contribution in [-0.2, 0) is 0 Å². The SMILES string of the molecule is CCN1CC(N2C=C([C@@H](Nc3cc(Cl)c4ncc(C#N)c(Nc5ccc(F)c(Cl)c5)c4c3)c3ccccc3)NN2)CC(F)(F)C1. The third kappa shape index (κ3) is 6.60. The summed E-state index contributed by atoms with van der Waals surface area (Å²) < 4.78 is 43.0. The number of benzene rings is 3. The van der Waals surface area contributed by atoms with E-state index in [1.54, 1.807) is 16.0 Å². The Morgan fingerprint density at radius 3 is 2.62 bits per heavy atom. The molecular weight excluding hydrogens is 624 g/mol. The molecular formula is C32H29Cl2F3N8. The number of likely N-dealkylation sites (N-methyl/N-ethyl adjacent to an activating group) is 1. The molecule has 0 bridgehead atoms. The molecule has 1 saturated heterocycles. The average molecular weight is 654 g/mol. The molecule has 2 atom stereocenters. The first-order valence-corrected chi connectivity index (χ1v) is 15.1. The van der Waals surface area contributed by atoms with Crippen molar-refractivity contribution in [3.8, 4) is 6.07 Å². The van der Waals surface area contributed by atoms with E-state index < -0.39 is 23.8 Å². The number of aromatic nitrogens is 1. The number of pyridine rings is 1. The molecule has 6 rings (SSSR count). The van der Waals surface area contributed by atoms with Gasteiger partial charge < -0.3 is 16.1 Å². The molecule has 4 aromatic rings. The second-order valence-corrected chi connectivity index (χ2v) is 11.8. The number of hydrazine groups is 2. The average Bonchev–Trinajstić information content (AvgIpc) is 3.52. The summed E-state index contributed by atoms with van der Waals surface area (Å²) >= 11 is 12.7. The quantitative estimate of drug-likeness (QED) is 0.157. The van der Waals surface area contributed by atoms with E-state index in [1.165, 1.54) is 24.4 Å². The highest BCUT2D eigenvalue weighted by Crippen LogP contribution is 2.38. The van der Waals surface area contributed by atoms with Crippen LogP contribution in [-0.4, -0.2) is 46.5 Å². The number of halogens is 5. The lowest BCUT2D eigenvalue weighted by Gasteiger charge is -2.40. The highest BCUT2D eigenvalue weighted by atomic mass is 35.5. The minimum Gasteiger partial charge on any atom is -0.373 e. The predicted molar refractivity (Wildman–Crippen MR) is 171 cm³/mol. The molecule has 3 heterocycles. The molecule has 232 valence electrons. The van der Waals surface area contributed by atoms with Crippen LogP contribution in [0.3, 0.4) is 0 Å². The Kier molecular flexibility index (Phi) is 8.66. The van der Waals surface area contributed by atoms with E-state index in [1.807, 2.05) is 49.5 Å². The van der Waals surface area contributed by atoms with Gasteiger partial charge in [-0.15, -0.1) is 5.53 Å². The van der Waals surface area contributed by atoms with Gasteiger partial charge in [0.05, 0.1) is 51.1 Å². The smallest absolute Gasteiger partial charge is 0.262 e. The summed E-state index contributed by atoms with van der Waals surface area (Å²) in [6.07, 6.45) is 2.96. The van der Waals surface area contributed by atoms with Gasteiger partial charge in [0.15, 0.2) is 0 Å². The Morgan fingerprint density at radius 2 is 1.89 bits per heavy atom. The van der Waals surface area contributed by atoms with Crippen LogP contribution in [0.1, 0.15) is 30.5 Å². The highest BCUT2D eigenvalue weighted by Gasteiger charge is 2.42. The molecule has 45 heavy (non-hydrogen) atoms. The predicted octanol–water partition coefficient (Wildman–Crippen LogP) is 7.34. The van der Waals surface area contributed by atoms with Gasteiger partial charge in [0, 0.05) is 42.1 Å². The van der Waals surface area contributed by atoms with Crippen molar-refractivity contribution in [2.24, 2.45) is 0 Å². The second kappa shape index (κ2) is 12.7. The summed E-state index contributed by atoms with van der Waals surface area (Å²) in [5.41, 5.74) is 10.1. The molecule has 8 nitrogen and oxygen atoms in total. The maximum Gasteiger partial charge on any atom is 0.262 e. The van der Waals surface area contributed by atoms with Gasteiger partial charge >= 0.3 is 0 Å². The van der Waals surface area contributed by atoms with Crippen LogP contribution in [0.25, 0.3) is 10.9 Å². The summed E-state index contributed by atoms with van der Waals surface area (Å²) in [5.74, 6) is -3.36. The van der Waals surface area contributed by atoms with Crippen LogP contribution >= 0.6 is 23.2 Å². The van der Waals surface area contributed by atoms with Crippen molar-refractivity contribution < 1.29 is 13.2 Å². The van der Waals surface area contributed by atoms with Gasteiger partial charge in [0.2, 0.25) is 0 Å². The Bertz CT molecular complexity index is 1800. The molecule has 2 aliphatic rings. The summed E-state index contributed by atoms with van der Waals surface area (Å²) in [6.45, 7) is 2.66.